The van der Waals surface area contributed by atoms with Gasteiger partial charge in [0.15, 0.2) is 0 Å². The Balaban J connectivity index is 2.98. The van der Waals surface area contributed by atoms with E-state index in [-0.39, 0.29) is 16.8 Å². The molecule has 0 heterocycles. The summed E-state index contributed by atoms with van der Waals surface area (Å²) in [6.07, 6.45) is 0.680. The van der Waals surface area contributed by atoms with Crippen molar-refractivity contribution in [1.29, 1.82) is 0 Å². The molecular weight excluding hydrogens is 290 g/mol. The second-order valence-electron chi connectivity index (χ2n) is 5.04. The van der Waals surface area contributed by atoms with E-state index in [0.29, 0.717) is 25.1 Å². The number of carbonyl (C=O) groups excluding carboxylic acids is 1. The summed E-state index contributed by atoms with van der Waals surface area (Å²) in [6.45, 7) is 4.55. The maximum Gasteiger partial charge on any atom is 0.251 e. The minimum absolute atomic E-state index is 0.116. The van der Waals surface area contributed by atoms with Gasteiger partial charge in [-0.2, -0.15) is 4.31 Å². The second-order valence-corrected chi connectivity index (χ2v) is 7.04. The number of carbonyl (C=O) groups is 1. The summed E-state index contributed by atoms with van der Waals surface area (Å²) in [5, 5.41) is 2.70. The molecule has 1 rings (SSSR count). The largest absolute Gasteiger partial charge is 0.352 e. The van der Waals surface area contributed by atoms with Gasteiger partial charge in [0.25, 0.3) is 5.91 Å². The summed E-state index contributed by atoms with van der Waals surface area (Å²) in [6, 6.07) is 5.89. The first-order chi connectivity index (χ1) is 9.80. The van der Waals surface area contributed by atoms with E-state index >= 15 is 0 Å². The number of hydrogen-bond acceptors (Lipinski definition) is 4. The van der Waals surface area contributed by atoms with Crippen molar-refractivity contribution in [2.45, 2.75) is 31.2 Å². The van der Waals surface area contributed by atoms with Gasteiger partial charge in [-0.3, -0.25) is 4.79 Å². The molecule has 0 aliphatic heterocycles. The van der Waals surface area contributed by atoms with E-state index in [1.807, 2.05) is 0 Å². The standard InChI is InChI=1S/C14H23N3O3S/c1-11(2)17(3)21(19,20)13-7-4-6-12(10-13)14(18)16-9-5-8-15/h4,6-7,10-11H,5,8-9,15H2,1-3H3,(H,16,18). The molecule has 0 aliphatic carbocycles. The molecule has 0 bridgehead atoms. The SMILES string of the molecule is CC(C)N(C)S(=O)(=O)c1cccc(C(=O)NCCCN)c1. The first-order valence-corrected chi connectivity index (χ1v) is 8.31. The molecule has 1 amide bonds. The molecule has 0 atom stereocenters. The maximum absolute atomic E-state index is 12.4. The second kappa shape index (κ2) is 7.53. The number of nitrogens with two attached hydrogens (primary N) is 1. The highest BCUT2D eigenvalue weighted by Gasteiger charge is 2.23. The summed E-state index contributed by atoms with van der Waals surface area (Å²) in [5.41, 5.74) is 5.68. The Morgan fingerprint density at radius 3 is 2.62 bits per heavy atom. The van der Waals surface area contributed by atoms with Crippen LogP contribution in [0.1, 0.15) is 30.6 Å². The number of nitrogens with one attached hydrogen (secondary N) is 1. The van der Waals surface area contributed by atoms with Crippen LogP contribution in [0.5, 0.6) is 0 Å². The molecule has 3 N–H and O–H groups in total. The zero-order valence-corrected chi connectivity index (χ0v) is 13.5. The molecule has 7 heteroatoms. The van der Waals surface area contributed by atoms with Gasteiger partial charge in [0.1, 0.15) is 0 Å². The van der Waals surface area contributed by atoms with Crippen LogP contribution in [0, 0.1) is 0 Å². The molecule has 0 aromatic heterocycles. The van der Waals surface area contributed by atoms with Crippen LogP contribution in [-0.2, 0) is 10.0 Å². The van der Waals surface area contributed by atoms with E-state index in [2.05, 4.69) is 5.32 Å². The lowest BCUT2D eigenvalue weighted by atomic mass is 10.2. The molecule has 0 radical (unpaired) electrons. The van der Waals surface area contributed by atoms with Crippen molar-refractivity contribution in [1.82, 2.24) is 9.62 Å². The highest BCUT2D eigenvalue weighted by Crippen LogP contribution is 2.17. The van der Waals surface area contributed by atoms with Crippen molar-refractivity contribution in [2.24, 2.45) is 5.73 Å². The average molecular weight is 313 g/mol. The molecule has 1 aromatic carbocycles. The van der Waals surface area contributed by atoms with Gasteiger partial charge in [-0.15, -0.1) is 0 Å². The topological polar surface area (TPSA) is 92.5 Å². The van der Waals surface area contributed by atoms with Crippen molar-refractivity contribution in [2.75, 3.05) is 20.1 Å². The van der Waals surface area contributed by atoms with Crippen LogP contribution in [0.25, 0.3) is 0 Å². The summed E-state index contributed by atoms with van der Waals surface area (Å²) >= 11 is 0. The van der Waals surface area contributed by atoms with Crippen molar-refractivity contribution >= 4 is 15.9 Å². The van der Waals surface area contributed by atoms with Crippen molar-refractivity contribution < 1.29 is 13.2 Å². The predicted octanol–water partition coefficient (Wildman–Crippen LogP) is 0.794. The van der Waals surface area contributed by atoms with Crippen LogP contribution >= 0.6 is 0 Å². The minimum atomic E-state index is -3.59. The molecule has 0 aliphatic rings. The lowest BCUT2D eigenvalue weighted by molar-refractivity contribution is 0.0953. The molecule has 0 unspecified atom stereocenters. The Morgan fingerprint density at radius 2 is 2.05 bits per heavy atom. The minimum Gasteiger partial charge on any atom is -0.352 e. The van der Waals surface area contributed by atoms with E-state index in [0.717, 1.165) is 0 Å². The number of hydrogen-bond donors (Lipinski definition) is 2. The number of benzene rings is 1. The molecule has 0 saturated carbocycles. The first-order valence-electron chi connectivity index (χ1n) is 6.87. The molecular formula is C14H23N3O3S. The average Bonchev–Trinajstić information content (AvgIpc) is 2.46. The first kappa shape index (κ1) is 17.6. The number of nitrogens with zero attached hydrogens (tertiary/aromatic N) is 1. The zero-order valence-electron chi connectivity index (χ0n) is 12.7. The van der Waals surface area contributed by atoms with Gasteiger partial charge in [0.05, 0.1) is 4.90 Å². The molecule has 0 saturated heterocycles. The van der Waals surface area contributed by atoms with Crippen LogP contribution in [-0.4, -0.2) is 44.8 Å². The predicted molar refractivity (Wildman–Crippen MR) is 82.5 cm³/mol. The molecule has 21 heavy (non-hydrogen) atoms. The molecule has 0 fully saturated rings. The Bertz CT molecular complexity index is 585. The third-order valence-electron chi connectivity index (χ3n) is 3.17. The van der Waals surface area contributed by atoms with E-state index in [9.17, 15) is 13.2 Å². The summed E-state index contributed by atoms with van der Waals surface area (Å²) in [4.78, 5) is 12.1. The van der Waals surface area contributed by atoms with Crippen molar-refractivity contribution in [3.63, 3.8) is 0 Å². The van der Waals surface area contributed by atoms with E-state index in [4.69, 9.17) is 5.73 Å². The maximum atomic E-state index is 12.4. The van der Waals surface area contributed by atoms with Gasteiger partial charge in [-0.05, 0) is 45.0 Å². The summed E-state index contributed by atoms with van der Waals surface area (Å²) in [7, 11) is -2.06. The van der Waals surface area contributed by atoms with Gasteiger partial charge >= 0.3 is 0 Å². The summed E-state index contributed by atoms with van der Waals surface area (Å²) in [5.74, 6) is -0.298. The van der Waals surface area contributed by atoms with Crippen LogP contribution < -0.4 is 11.1 Å². The lowest BCUT2D eigenvalue weighted by Crippen LogP contribution is -2.33. The fraction of sp³-hybridized carbons (Fsp3) is 0.500. The van der Waals surface area contributed by atoms with E-state index in [1.54, 1.807) is 26.0 Å². The summed E-state index contributed by atoms with van der Waals surface area (Å²) < 4.78 is 26.0. The molecule has 6 nitrogen and oxygen atoms in total. The van der Waals surface area contributed by atoms with Crippen LogP contribution in [0.2, 0.25) is 0 Å². The van der Waals surface area contributed by atoms with E-state index < -0.39 is 10.0 Å². The van der Waals surface area contributed by atoms with E-state index in [1.165, 1.54) is 23.5 Å². The lowest BCUT2D eigenvalue weighted by Gasteiger charge is -2.21. The Morgan fingerprint density at radius 1 is 1.38 bits per heavy atom. The number of sulfonamides is 1. The third kappa shape index (κ3) is 4.52. The molecule has 0 spiro atoms. The fourth-order valence-electron chi connectivity index (χ4n) is 1.65. The van der Waals surface area contributed by atoms with Crippen molar-refractivity contribution in [3.05, 3.63) is 29.8 Å². The highest BCUT2D eigenvalue weighted by atomic mass is 32.2. The Labute approximate surface area is 126 Å². The quantitative estimate of drug-likeness (QED) is 0.728. The fourth-order valence-corrected chi connectivity index (χ4v) is 3.06. The van der Waals surface area contributed by atoms with Gasteiger partial charge in [0, 0.05) is 25.2 Å². The van der Waals surface area contributed by atoms with Gasteiger partial charge < -0.3 is 11.1 Å². The number of rotatable bonds is 7. The third-order valence-corrected chi connectivity index (χ3v) is 5.20. The van der Waals surface area contributed by atoms with Crippen molar-refractivity contribution in [3.8, 4) is 0 Å². The van der Waals surface area contributed by atoms with Gasteiger partial charge in [-0.1, -0.05) is 6.07 Å². The Kier molecular flexibility index (Phi) is 6.32. The van der Waals surface area contributed by atoms with Crippen LogP contribution in [0.3, 0.4) is 0 Å². The van der Waals surface area contributed by atoms with Gasteiger partial charge in [-0.25, -0.2) is 8.42 Å². The monoisotopic (exact) mass is 313 g/mol. The van der Waals surface area contributed by atoms with Crippen LogP contribution in [0.4, 0.5) is 0 Å². The van der Waals surface area contributed by atoms with Gasteiger partial charge in [0.2, 0.25) is 10.0 Å². The molecule has 1 aromatic rings. The highest BCUT2D eigenvalue weighted by molar-refractivity contribution is 7.89. The van der Waals surface area contributed by atoms with Crippen LogP contribution in [0.15, 0.2) is 29.2 Å². The smallest absolute Gasteiger partial charge is 0.251 e. The zero-order chi connectivity index (χ0) is 16.0. The normalized spacial score (nSPS) is 11.9. The molecule has 118 valence electrons. The Hall–Kier alpha value is -1.44. The number of amides is 1.